The van der Waals surface area contributed by atoms with Gasteiger partial charge in [0.2, 0.25) is 0 Å². The van der Waals surface area contributed by atoms with Gasteiger partial charge in [-0.2, -0.15) is 0 Å². The van der Waals surface area contributed by atoms with Crippen LogP contribution in [0.25, 0.3) is 5.76 Å². The maximum absolute atomic E-state index is 11.1. The van der Waals surface area contributed by atoms with Crippen LogP contribution < -0.4 is 15.6 Å². The SMILES string of the molecule is CC(/C=C(\O)c1c(C)cc(C)cc1C)=N\[Si](c1ccccc1)(c1ccccc1)c1ccccc1.Oc1ccccc1.Oc1ccccc1.Oc1ccccc1.Oc1ccccc1.[W]. The molecule has 0 bridgehead atoms. The van der Waals surface area contributed by atoms with Crippen LogP contribution in [0.15, 0.2) is 235 Å². The smallest absolute Gasteiger partial charge is 0.273 e. The summed E-state index contributed by atoms with van der Waals surface area (Å²) in [4.78, 5) is 0. The van der Waals surface area contributed by atoms with E-state index in [0.29, 0.717) is 23.0 Å². The number of allylic oxidation sites excluding steroid dienone is 1. The summed E-state index contributed by atoms with van der Waals surface area (Å²) in [7, 11) is -2.76. The Hall–Kier alpha value is -6.92. The summed E-state index contributed by atoms with van der Waals surface area (Å²) in [5.41, 5.74) is 5.01. The van der Waals surface area contributed by atoms with Gasteiger partial charge in [0.25, 0.3) is 8.24 Å². The molecule has 5 N–H and O–H groups in total. The number of para-hydroxylation sites is 4. The van der Waals surface area contributed by atoms with Gasteiger partial charge in [0.1, 0.15) is 28.8 Å². The molecule has 0 atom stereocenters. The predicted octanol–water partition coefficient (Wildman–Crippen LogP) is 11.2. The summed E-state index contributed by atoms with van der Waals surface area (Å²) in [6.45, 7) is 8.16. The number of nitrogens with zero attached hydrogens (tertiary/aromatic N) is 1. The normalized spacial score (nSPS) is 10.6. The predicted molar refractivity (Wildman–Crippen MR) is 261 cm³/mol. The zero-order valence-electron chi connectivity index (χ0n) is 36.0. The second kappa shape index (κ2) is 27.1. The summed E-state index contributed by atoms with van der Waals surface area (Å²) < 4.78 is 5.48. The number of aryl methyl sites for hydroxylation is 3. The van der Waals surface area contributed by atoms with Crippen LogP contribution in [0.3, 0.4) is 0 Å². The molecule has 6 nitrogen and oxygen atoms in total. The first kappa shape index (κ1) is 50.4. The van der Waals surface area contributed by atoms with Crippen molar-refractivity contribution in [2.24, 2.45) is 4.66 Å². The molecule has 0 amide bonds. The van der Waals surface area contributed by atoms with E-state index in [-0.39, 0.29) is 26.8 Å². The summed E-state index contributed by atoms with van der Waals surface area (Å²) in [6.07, 6.45) is 1.82. The van der Waals surface area contributed by atoms with Gasteiger partial charge in [0.05, 0.1) is 0 Å². The van der Waals surface area contributed by atoms with Gasteiger partial charge in [0.15, 0.2) is 0 Å². The minimum absolute atomic E-state index is 0. The van der Waals surface area contributed by atoms with E-state index >= 15 is 0 Å². The number of phenolic OH excluding ortho intramolecular Hbond substituents is 4. The van der Waals surface area contributed by atoms with Crippen LogP contribution in [0, 0.1) is 20.8 Å². The molecule has 320 valence electrons. The number of rotatable bonds is 6. The Morgan fingerprint density at radius 3 is 0.873 bits per heavy atom. The second-order valence-electron chi connectivity index (χ2n) is 14.2. The summed E-state index contributed by atoms with van der Waals surface area (Å²) >= 11 is 0. The largest absolute Gasteiger partial charge is 0.508 e. The van der Waals surface area contributed by atoms with Crippen molar-refractivity contribution >= 4 is 35.3 Å². The molecule has 0 spiro atoms. The fourth-order valence-electron chi connectivity index (χ4n) is 6.59. The maximum atomic E-state index is 11.1. The number of aliphatic hydroxyl groups is 1. The van der Waals surface area contributed by atoms with Crippen molar-refractivity contribution < 1.29 is 46.6 Å². The molecule has 8 aromatic rings. The van der Waals surface area contributed by atoms with Gasteiger partial charge < -0.3 is 30.2 Å². The number of hydrogen-bond acceptors (Lipinski definition) is 6. The number of aliphatic hydroxyl groups excluding tert-OH is 1. The third-order valence-electron chi connectivity index (χ3n) is 9.22. The minimum atomic E-state index is -2.76. The van der Waals surface area contributed by atoms with E-state index < -0.39 is 8.24 Å². The van der Waals surface area contributed by atoms with Gasteiger partial charge in [-0.1, -0.05) is 181 Å². The van der Waals surface area contributed by atoms with Gasteiger partial charge in [-0.25, -0.2) is 0 Å². The van der Waals surface area contributed by atoms with E-state index in [4.69, 9.17) is 25.1 Å². The molecular formula is C55H55NO5SiW. The quantitative estimate of drug-likeness (QED) is 0.0493. The number of aromatic hydroxyl groups is 4. The molecule has 8 rings (SSSR count). The molecule has 0 aliphatic rings. The van der Waals surface area contributed by atoms with E-state index in [2.05, 4.69) is 91.9 Å². The zero-order valence-corrected chi connectivity index (χ0v) is 40.0. The monoisotopic (exact) mass is 1020 g/mol. The number of benzene rings is 8. The number of hydrogen-bond donors (Lipinski definition) is 5. The third-order valence-corrected chi connectivity index (χ3v) is 13.4. The van der Waals surface area contributed by atoms with Crippen molar-refractivity contribution in [1.29, 1.82) is 0 Å². The Bertz CT molecular complexity index is 2260. The Balaban J connectivity index is 0.000000289. The van der Waals surface area contributed by atoms with Crippen LogP contribution in [-0.4, -0.2) is 39.5 Å². The molecule has 0 saturated carbocycles. The molecule has 8 heteroatoms. The van der Waals surface area contributed by atoms with E-state index in [1.165, 1.54) is 21.1 Å². The Morgan fingerprint density at radius 1 is 0.413 bits per heavy atom. The van der Waals surface area contributed by atoms with Gasteiger partial charge >= 0.3 is 0 Å². The minimum Gasteiger partial charge on any atom is -0.508 e. The van der Waals surface area contributed by atoms with Gasteiger partial charge in [-0.05, 0) is 103 Å². The van der Waals surface area contributed by atoms with Gasteiger partial charge in [-0.15, -0.1) is 0 Å². The topological polar surface area (TPSA) is 114 Å². The number of phenols is 4. The Labute approximate surface area is 387 Å². The molecule has 0 aromatic heterocycles. The standard InChI is InChI=1S/C31H31NOSi.4C6H6O.W/c1-23-20-24(2)31(25(3)21-23)30(33)22-26(4)32-34(27-14-8-5-9-15-27,28-16-10-6-11-17-28)29-18-12-7-13-19-29;4*7-6-4-2-1-3-5-6;/h5-22,33H,1-4H3;4*1-5,7H;/b30-22-,32-26+;;;;;. The van der Waals surface area contributed by atoms with Crippen LogP contribution >= 0.6 is 0 Å². The van der Waals surface area contributed by atoms with Crippen LogP contribution in [0.1, 0.15) is 29.2 Å². The second-order valence-corrected chi connectivity index (χ2v) is 17.6. The molecule has 8 aromatic carbocycles. The molecule has 0 unspecified atom stereocenters. The summed E-state index contributed by atoms with van der Waals surface area (Å²) in [5, 5.41) is 49.3. The van der Waals surface area contributed by atoms with Crippen molar-refractivity contribution in [1.82, 2.24) is 0 Å². The van der Waals surface area contributed by atoms with E-state index in [1.54, 1.807) is 97.1 Å². The molecule has 0 fully saturated rings. The van der Waals surface area contributed by atoms with Crippen LogP contribution in [-0.2, 0) is 21.1 Å². The van der Waals surface area contributed by atoms with Crippen LogP contribution in [0.4, 0.5) is 0 Å². The van der Waals surface area contributed by atoms with Crippen molar-refractivity contribution in [3.05, 3.63) is 253 Å². The Kier molecular flexibility index (Phi) is 21.7. The average Bonchev–Trinajstić information content (AvgIpc) is 3.28. The Morgan fingerprint density at radius 2 is 0.651 bits per heavy atom. The van der Waals surface area contributed by atoms with E-state index in [9.17, 15) is 5.11 Å². The molecule has 0 aliphatic heterocycles. The van der Waals surface area contributed by atoms with Crippen molar-refractivity contribution in [2.45, 2.75) is 27.7 Å². The van der Waals surface area contributed by atoms with Gasteiger partial charge in [0, 0.05) is 38.4 Å². The summed E-state index contributed by atoms with van der Waals surface area (Å²) in [5.74, 6) is 1.54. The fraction of sp³-hybridized carbons (Fsp3) is 0.0727. The third kappa shape index (κ3) is 16.8. The first-order chi connectivity index (χ1) is 30.0. The average molecular weight is 1020 g/mol. The van der Waals surface area contributed by atoms with E-state index in [0.717, 1.165) is 22.4 Å². The molecule has 0 radical (unpaired) electrons. The van der Waals surface area contributed by atoms with Gasteiger partial charge in [-0.3, -0.25) is 0 Å². The zero-order chi connectivity index (χ0) is 44.6. The van der Waals surface area contributed by atoms with Crippen LogP contribution in [0.5, 0.6) is 23.0 Å². The molecule has 0 aliphatic carbocycles. The van der Waals surface area contributed by atoms with Crippen molar-refractivity contribution in [2.75, 3.05) is 0 Å². The first-order valence-corrected chi connectivity index (χ1v) is 22.1. The molecular weight excluding hydrogens is 967 g/mol. The molecule has 0 saturated heterocycles. The first-order valence-electron chi connectivity index (χ1n) is 20.2. The van der Waals surface area contributed by atoms with Crippen molar-refractivity contribution in [3.63, 3.8) is 0 Å². The fourth-order valence-corrected chi connectivity index (χ4v) is 10.6. The molecule has 0 heterocycles. The van der Waals surface area contributed by atoms with Crippen LogP contribution in [0.2, 0.25) is 0 Å². The molecule has 63 heavy (non-hydrogen) atoms. The van der Waals surface area contributed by atoms with Crippen molar-refractivity contribution in [3.8, 4) is 23.0 Å². The maximum Gasteiger partial charge on any atom is 0.273 e. The van der Waals surface area contributed by atoms with E-state index in [1.807, 2.05) is 69.3 Å². The summed E-state index contributed by atoms with van der Waals surface area (Å²) in [6, 6.07) is 70.8.